The summed E-state index contributed by atoms with van der Waals surface area (Å²) in [6, 6.07) is 4.52. The lowest BCUT2D eigenvalue weighted by Crippen LogP contribution is -1.98. The van der Waals surface area contributed by atoms with Gasteiger partial charge in [-0.3, -0.25) is 0 Å². The molecule has 0 saturated heterocycles. The fourth-order valence-electron chi connectivity index (χ4n) is 1.85. The lowest BCUT2D eigenvalue weighted by molar-refractivity contribution is 0.301. The molecule has 4 heteroatoms. The third-order valence-corrected chi connectivity index (χ3v) is 4.14. The normalized spacial score (nSPS) is 10.7. The highest BCUT2D eigenvalue weighted by Gasteiger charge is 2.02. The van der Waals surface area contributed by atoms with Crippen LogP contribution in [0.3, 0.4) is 0 Å². The molecule has 1 aromatic carbocycles. The smallest absolute Gasteiger partial charge is 0.136 e. The van der Waals surface area contributed by atoms with Crippen LogP contribution in [0.15, 0.2) is 22.7 Å². The average Bonchev–Trinajstić information content (AvgIpc) is 2.40. The molecular formula is C15H21Br2FO. The molecule has 0 radical (unpaired) electrons. The van der Waals surface area contributed by atoms with Crippen molar-refractivity contribution in [1.29, 1.82) is 0 Å². The first-order valence-electron chi connectivity index (χ1n) is 6.88. The number of alkyl halides is 1. The summed E-state index contributed by atoms with van der Waals surface area (Å²) in [6.07, 6.45) is 8.69. The third kappa shape index (κ3) is 7.93. The van der Waals surface area contributed by atoms with Crippen LogP contribution in [0.1, 0.15) is 44.9 Å². The molecule has 0 N–H and O–H groups in total. The molecule has 0 atom stereocenters. The first-order valence-corrected chi connectivity index (χ1v) is 8.79. The quantitative estimate of drug-likeness (QED) is 0.344. The molecule has 0 bridgehead atoms. The van der Waals surface area contributed by atoms with E-state index in [1.807, 2.05) is 0 Å². The first-order chi connectivity index (χ1) is 9.24. The Balaban J connectivity index is 2.03. The van der Waals surface area contributed by atoms with Crippen molar-refractivity contribution in [3.05, 3.63) is 28.5 Å². The van der Waals surface area contributed by atoms with Gasteiger partial charge in [0, 0.05) is 11.4 Å². The van der Waals surface area contributed by atoms with Gasteiger partial charge in [0.1, 0.15) is 11.6 Å². The summed E-state index contributed by atoms with van der Waals surface area (Å²) in [5.41, 5.74) is 0. The van der Waals surface area contributed by atoms with E-state index in [2.05, 4.69) is 31.9 Å². The summed E-state index contributed by atoms with van der Waals surface area (Å²) < 4.78 is 19.4. The summed E-state index contributed by atoms with van der Waals surface area (Å²) in [4.78, 5) is 0. The number of rotatable bonds is 10. The number of hydrogen-bond donors (Lipinski definition) is 0. The lowest BCUT2D eigenvalue weighted by atomic mass is 10.1. The summed E-state index contributed by atoms with van der Waals surface area (Å²) in [5.74, 6) is 0.335. The molecule has 1 aromatic rings. The Hall–Kier alpha value is -0.0900. The van der Waals surface area contributed by atoms with E-state index >= 15 is 0 Å². The fourth-order valence-corrected chi connectivity index (χ4v) is 2.61. The average molecular weight is 396 g/mol. The predicted octanol–water partition coefficient (Wildman–Crippen LogP) is 6.09. The summed E-state index contributed by atoms with van der Waals surface area (Å²) in [6.45, 7) is 0.656. The van der Waals surface area contributed by atoms with Gasteiger partial charge in [-0.1, -0.05) is 48.0 Å². The van der Waals surface area contributed by atoms with Crippen molar-refractivity contribution in [2.75, 3.05) is 11.9 Å². The van der Waals surface area contributed by atoms with E-state index in [0.717, 1.165) is 16.2 Å². The van der Waals surface area contributed by atoms with Crippen molar-refractivity contribution in [2.45, 2.75) is 44.9 Å². The fraction of sp³-hybridized carbons (Fsp3) is 0.600. The van der Waals surface area contributed by atoms with Crippen LogP contribution in [-0.4, -0.2) is 11.9 Å². The van der Waals surface area contributed by atoms with E-state index < -0.39 is 0 Å². The predicted molar refractivity (Wildman–Crippen MR) is 85.7 cm³/mol. The lowest BCUT2D eigenvalue weighted by Gasteiger charge is -2.08. The third-order valence-electron chi connectivity index (χ3n) is 2.93. The van der Waals surface area contributed by atoms with Crippen molar-refractivity contribution < 1.29 is 9.13 Å². The Kier molecular flexibility index (Phi) is 9.52. The van der Waals surface area contributed by atoms with E-state index in [0.29, 0.717) is 12.4 Å². The molecule has 0 heterocycles. The summed E-state index contributed by atoms with van der Waals surface area (Å²) >= 11 is 6.79. The van der Waals surface area contributed by atoms with Crippen molar-refractivity contribution in [1.82, 2.24) is 0 Å². The maximum Gasteiger partial charge on any atom is 0.136 e. The molecule has 0 aromatic heterocycles. The topological polar surface area (TPSA) is 9.23 Å². The van der Waals surface area contributed by atoms with Crippen molar-refractivity contribution >= 4 is 31.9 Å². The van der Waals surface area contributed by atoms with Crippen molar-refractivity contribution in [2.24, 2.45) is 0 Å². The van der Waals surface area contributed by atoms with Crippen LogP contribution in [-0.2, 0) is 0 Å². The van der Waals surface area contributed by atoms with E-state index in [1.165, 1.54) is 50.7 Å². The van der Waals surface area contributed by atoms with Gasteiger partial charge >= 0.3 is 0 Å². The van der Waals surface area contributed by atoms with Gasteiger partial charge in [0.2, 0.25) is 0 Å². The molecule has 0 aliphatic carbocycles. The zero-order chi connectivity index (χ0) is 13.9. The maximum atomic E-state index is 13.0. The summed E-state index contributed by atoms with van der Waals surface area (Å²) in [7, 11) is 0. The molecule has 0 fully saturated rings. The first kappa shape index (κ1) is 17.0. The largest absolute Gasteiger partial charge is 0.492 e. The number of unbranched alkanes of at least 4 members (excludes halogenated alkanes) is 6. The zero-order valence-corrected chi connectivity index (χ0v) is 14.3. The van der Waals surface area contributed by atoms with Crippen LogP contribution < -0.4 is 4.74 Å². The Labute approximate surface area is 132 Å². The van der Waals surface area contributed by atoms with Gasteiger partial charge in [-0.2, -0.15) is 0 Å². The maximum absolute atomic E-state index is 13.0. The Morgan fingerprint density at radius 2 is 1.58 bits per heavy atom. The molecular weight excluding hydrogens is 375 g/mol. The van der Waals surface area contributed by atoms with Crippen molar-refractivity contribution in [3.8, 4) is 5.75 Å². The highest BCUT2D eigenvalue weighted by atomic mass is 79.9. The van der Waals surface area contributed by atoms with Crippen LogP contribution in [0, 0.1) is 5.82 Å². The van der Waals surface area contributed by atoms with Crippen LogP contribution in [0.5, 0.6) is 5.75 Å². The second kappa shape index (κ2) is 10.7. The standard InChI is InChI=1S/C15H21Br2FO/c16-10-6-4-2-1-3-5-7-11-19-15-12-13(18)8-9-14(15)17/h8-9,12H,1-7,10-11H2. The molecule has 19 heavy (non-hydrogen) atoms. The van der Waals surface area contributed by atoms with Crippen LogP contribution in [0.2, 0.25) is 0 Å². The second-order valence-electron chi connectivity index (χ2n) is 4.59. The van der Waals surface area contributed by atoms with E-state index in [9.17, 15) is 4.39 Å². The molecule has 0 spiro atoms. The van der Waals surface area contributed by atoms with E-state index in [1.54, 1.807) is 6.07 Å². The van der Waals surface area contributed by atoms with Crippen LogP contribution in [0.4, 0.5) is 4.39 Å². The highest BCUT2D eigenvalue weighted by molar-refractivity contribution is 9.10. The zero-order valence-electron chi connectivity index (χ0n) is 11.1. The number of hydrogen-bond acceptors (Lipinski definition) is 1. The Morgan fingerprint density at radius 1 is 0.947 bits per heavy atom. The minimum atomic E-state index is -0.259. The summed E-state index contributed by atoms with van der Waals surface area (Å²) in [5, 5.41) is 1.11. The second-order valence-corrected chi connectivity index (χ2v) is 6.23. The monoisotopic (exact) mass is 394 g/mol. The SMILES string of the molecule is Fc1ccc(Br)c(OCCCCCCCCCBr)c1. The van der Waals surface area contributed by atoms with Gasteiger partial charge in [-0.05, 0) is 40.9 Å². The molecule has 1 nitrogen and oxygen atoms in total. The van der Waals surface area contributed by atoms with Gasteiger partial charge < -0.3 is 4.74 Å². The van der Waals surface area contributed by atoms with E-state index in [-0.39, 0.29) is 5.82 Å². The van der Waals surface area contributed by atoms with Gasteiger partial charge in [-0.25, -0.2) is 4.39 Å². The minimum Gasteiger partial charge on any atom is -0.492 e. The molecule has 0 aliphatic rings. The number of benzene rings is 1. The molecule has 0 aliphatic heterocycles. The highest BCUT2D eigenvalue weighted by Crippen LogP contribution is 2.25. The van der Waals surface area contributed by atoms with Gasteiger partial charge in [-0.15, -0.1) is 0 Å². The van der Waals surface area contributed by atoms with Gasteiger partial charge in [0.15, 0.2) is 0 Å². The minimum absolute atomic E-state index is 0.259. The Bertz CT molecular complexity index is 358. The number of halogens is 3. The van der Waals surface area contributed by atoms with Crippen LogP contribution in [0.25, 0.3) is 0 Å². The molecule has 108 valence electrons. The molecule has 0 amide bonds. The Morgan fingerprint density at radius 3 is 2.26 bits per heavy atom. The van der Waals surface area contributed by atoms with E-state index in [4.69, 9.17) is 4.74 Å². The van der Waals surface area contributed by atoms with Crippen LogP contribution >= 0.6 is 31.9 Å². The van der Waals surface area contributed by atoms with Gasteiger partial charge in [0.25, 0.3) is 0 Å². The molecule has 0 saturated carbocycles. The number of ether oxygens (including phenoxy) is 1. The van der Waals surface area contributed by atoms with Gasteiger partial charge in [0.05, 0.1) is 11.1 Å². The van der Waals surface area contributed by atoms with Crippen molar-refractivity contribution in [3.63, 3.8) is 0 Å². The molecule has 1 rings (SSSR count). The molecule has 0 unspecified atom stereocenters.